The summed E-state index contributed by atoms with van der Waals surface area (Å²) < 4.78 is 36.9. The Bertz CT molecular complexity index is 181. The molecular formula is C15H28F3I. The van der Waals surface area contributed by atoms with Crippen LogP contribution < -0.4 is 0 Å². The third-order valence-corrected chi connectivity index (χ3v) is 4.11. The van der Waals surface area contributed by atoms with Gasteiger partial charge in [0.15, 0.2) is 0 Å². The fourth-order valence-corrected chi connectivity index (χ4v) is 2.73. The number of hydrogen-bond donors (Lipinski definition) is 0. The lowest BCUT2D eigenvalue weighted by molar-refractivity contribution is -0.135. The van der Waals surface area contributed by atoms with Crippen LogP contribution in [0.25, 0.3) is 0 Å². The first-order valence-electron chi connectivity index (χ1n) is 7.69. The summed E-state index contributed by atoms with van der Waals surface area (Å²) in [6.07, 6.45) is 9.03. The van der Waals surface area contributed by atoms with Gasteiger partial charge in [-0.2, -0.15) is 13.2 Å². The molecule has 0 fully saturated rings. The highest BCUT2D eigenvalue weighted by Gasteiger charge is 2.25. The lowest BCUT2D eigenvalue weighted by Crippen LogP contribution is -2.06. The number of halogens is 4. The van der Waals surface area contributed by atoms with Crippen LogP contribution in [0.2, 0.25) is 0 Å². The van der Waals surface area contributed by atoms with Crippen LogP contribution in [-0.2, 0) is 0 Å². The normalized spacial score (nSPS) is 12.0. The molecule has 0 aliphatic carbocycles. The summed E-state index contributed by atoms with van der Waals surface area (Å²) in [6.45, 7) is 0. The Morgan fingerprint density at radius 3 is 1.16 bits per heavy atom. The average molecular weight is 392 g/mol. The summed E-state index contributed by atoms with van der Waals surface area (Å²) in [7, 11) is 0. The highest BCUT2D eigenvalue weighted by atomic mass is 127. The fraction of sp³-hybridized carbons (Fsp3) is 1.00. The van der Waals surface area contributed by atoms with E-state index in [0.29, 0.717) is 6.42 Å². The van der Waals surface area contributed by atoms with Crippen molar-refractivity contribution in [3.05, 3.63) is 0 Å². The van der Waals surface area contributed by atoms with Crippen LogP contribution in [0.3, 0.4) is 0 Å². The molecule has 0 aromatic heterocycles. The van der Waals surface area contributed by atoms with Crippen molar-refractivity contribution in [3.63, 3.8) is 0 Å². The quantitative estimate of drug-likeness (QED) is 0.179. The van der Waals surface area contributed by atoms with Crippen molar-refractivity contribution in [3.8, 4) is 0 Å². The van der Waals surface area contributed by atoms with Crippen molar-refractivity contribution in [2.75, 3.05) is 4.43 Å². The van der Waals surface area contributed by atoms with Gasteiger partial charge in [0.2, 0.25) is 0 Å². The number of rotatable bonds is 13. The van der Waals surface area contributed by atoms with Gasteiger partial charge in [0.1, 0.15) is 0 Å². The van der Waals surface area contributed by atoms with Crippen LogP contribution >= 0.6 is 22.6 Å². The molecule has 0 saturated carbocycles. The van der Waals surface area contributed by atoms with Gasteiger partial charge in [0.25, 0.3) is 0 Å². The minimum absolute atomic E-state index is 0.306. The first kappa shape index (κ1) is 19.5. The molecule has 0 heterocycles. The monoisotopic (exact) mass is 392 g/mol. The van der Waals surface area contributed by atoms with E-state index in [2.05, 4.69) is 22.6 Å². The Hall–Kier alpha value is 0.520. The second-order valence-corrected chi connectivity index (χ2v) is 6.38. The molecule has 0 bridgehead atoms. The largest absolute Gasteiger partial charge is 0.389 e. The van der Waals surface area contributed by atoms with E-state index in [1.54, 1.807) is 0 Å². The van der Waals surface area contributed by atoms with E-state index in [1.165, 1.54) is 55.8 Å². The van der Waals surface area contributed by atoms with Crippen molar-refractivity contribution < 1.29 is 13.2 Å². The second kappa shape index (κ2) is 13.5. The molecule has 0 nitrogen and oxygen atoms in total. The summed E-state index contributed by atoms with van der Waals surface area (Å²) in [5, 5.41) is 0. The molecule has 0 amide bonds. The van der Waals surface area contributed by atoms with Gasteiger partial charge in [-0.05, 0) is 17.3 Å². The lowest BCUT2D eigenvalue weighted by Gasteiger charge is -2.05. The van der Waals surface area contributed by atoms with Gasteiger partial charge in [0, 0.05) is 6.42 Å². The topological polar surface area (TPSA) is 0 Å². The van der Waals surface area contributed by atoms with Crippen LogP contribution in [-0.4, -0.2) is 10.6 Å². The Labute approximate surface area is 130 Å². The zero-order valence-electron chi connectivity index (χ0n) is 11.9. The van der Waals surface area contributed by atoms with Gasteiger partial charge >= 0.3 is 6.18 Å². The van der Waals surface area contributed by atoms with Crippen LogP contribution in [0.4, 0.5) is 13.2 Å². The fourth-order valence-electron chi connectivity index (χ4n) is 2.19. The molecule has 19 heavy (non-hydrogen) atoms. The predicted molar refractivity (Wildman–Crippen MR) is 85.0 cm³/mol. The van der Waals surface area contributed by atoms with Gasteiger partial charge in [-0.25, -0.2) is 0 Å². The van der Waals surface area contributed by atoms with Crippen LogP contribution in [0.1, 0.15) is 83.5 Å². The molecule has 0 saturated heterocycles. The third kappa shape index (κ3) is 18.5. The van der Waals surface area contributed by atoms with Gasteiger partial charge in [-0.15, -0.1) is 0 Å². The molecule has 0 aromatic carbocycles. The van der Waals surface area contributed by atoms with Crippen molar-refractivity contribution in [1.29, 1.82) is 0 Å². The first-order valence-corrected chi connectivity index (χ1v) is 9.21. The predicted octanol–water partition coefficient (Wildman–Crippen LogP) is 7.06. The number of unbranched alkanes of at least 4 members (excludes halogenated alkanes) is 11. The molecule has 0 N–H and O–H groups in total. The highest BCUT2D eigenvalue weighted by molar-refractivity contribution is 14.1. The first-order chi connectivity index (χ1) is 9.06. The van der Waals surface area contributed by atoms with E-state index in [4.69, 9.17) is 0 Å². The summed E-state index contributed by atoms with van der Waals surface area (Å²) >= 11 is 2.42. The Morgan fingerprint density at radius 1 is 0.526 bits per heavy atom. The maximum absolute atomic E-state index is 11.9. The van der Waals surface area contributed by atoms with E-state index >= 15 is 0 Å². The van der Waals surface area contributed by atoms with Crippen molar-refractivity contribution >= 4 is 22.6 Å². The summed E-state index contributed by atoms with van der Waals surface area (Å²) in [6, 6.07) is 0. The van der Waals surface area contributed by atoms with Gasteiger partial charge < -0.3 is 0 Å². The Morgan fingerprint density at radius 2 is 0.842 bits per heavy atom. The SMILES string of the molecule is FC(F)(F)CCCCCCCCCCCCCCI. The zero-order chi connectivity index (χ0) is 14.4. The maximum Gasteiger partial charge on any atom is 0.389 e. The standard InChI is InChI=1S/C15H28F3I/c16-15(17,18)13-11-9-7-5-3-1-2-4-6-8-10-12-14-19/h1-14H2. The summed E-state index contributed by atoms with van der Waals surface area (Å²) in [4.78, 5) is 0. The van der Waals surface area contributed by atoms with Gasteiger partial charge in [-0.1, -0.05) is 86.8 Å². The molecule has 0 aromatic rings. The van der Waals surface area contributed by atoms with Crippen LogP contribution in [0.5, 0.6) is 0 Å². The van der Waals surface area contributed by atoms with Crippen LogP contribution in [0.15, 0.2) is 0 Å². The van der Waals surface area contributed by atoms with Crippen molar-refractivity contribution in [1.82, 2.24) is 0 Å². The minimum atomic E-state index is -3.96. The van der Waals surface area contributed by atoms with E-state index in [1.807, 2.05) is 0 Å². The van der Waals surface area contributed by atoms with E-state index in [9.17, 15) is 13.2 Å². The highest BCUT2D eigenvalue weighted by Crippen LogP contribution is 2.23. The number of hydrogen-bond acceptors (Lipinski definition) is 0. The summed E-state index contributed by atoms with van der Waals surface area (Å²) in [5.41, 5.74) is 0. The second-order valence-electron chi connectivity index (χ2n) is 5.30. The van der Waals surface area contributed by atoms with E-state index < -0.39 is 12.6 Å². The lowest BCUT2D eigenvalue weighted by atomic mass is 10.0. The molecule has 4 heteroatoms. The van der Waals surface area contributed by atoms with Gasteiger partial charge in [0.05, 0.1) is 0 Å². The average Bonchev–Trinajstić information content (AvgIpc) is 2.34. The Balaban J connectivity index is 2.99. The number of alkyl halides is 4. The maximum atomic E-state index is 11.9. The molecule has 0 aliphatic rings. The molecular weight excluding hydrogens is 364 g/mol. The van der Waals surface area contributed by atoms with Crippen molar-refractivity contribution in [2.24, 2.45) is 0 Å². The van der Waals surface area contributed by atoms with E-state index in [-0.39, 0.29) is 0 Å². The van der Waals surface area contributed by atoms with Gasteiger partial charge in [-0.3, -0.25) is 0 Å². The molecule has 0 radical (unpaired) electrons. The van der Waals surface area contributed by atoms with E-state index in [0.717, 1.165) is 19.3 Å². The smallest absolute Gasteiger partial charge is 0.171 e. The molecule has 0 unspecified atom stereocenters. The summed E-state index contributed by atoms with van der Waals surface area (Å²) in [5.74, 6) is 0. The van der Waals surface area contributed by atoms with Crippen LogP contribution in [0, 0.1) is 0 Å². The molecule has 0 aliphatic heterocycles. The molecule has 116 valence electrons. The minimum Gasteiger partial charge on any atom is -0.171 e. The molecule has 0 rings (SSSR count). The van der Waals surface area contributed by atoms with Crippen molar-refractivity contribution in [2.45, 2.75) is 89.6 Å². The third-order valence-electron chi connectivity index (χ3n) is 3.34. The molecule has 0 atom stereocenters. The molecule has 0 spiro atoms. The zero-order valence-corrected chi connectivity index (χ0v) is 14.1. The Kier molecular flexibility index (Phi) is 13.9.